The molecule has 0 radical (unpaired) electrons. The SMILES string of the molecule is C[C@H](NC(=O)OCc1ccccc1)C(=O)Nc1ccc(Cl)c(Br)c1. The van der Waals surface area contributed by atoms with Crippen molar-refractivity contribution in [3.8, 4) is 0 Å². The Morgan fingerprint density at radius 1 is 1.21 bits per heavy atom. The molecule has 24 heavy (non-hydrogen) atoms. The highest BCUT2D eigenvalue weighted by Gasteiger charge is 2.16. The first-order valence-electron chi connectivity index (χ1n) is 7.19. The van der Waals surface area contributed by atoms with Crippen LogP contribution in [0.3, 0.4) is 0 Å². The summed E-state index contributed by atoms with van der Waals surface area (Å²) in [4.78, 5) is 23.8. The molecule has 0 aliphatic rings. The van der Waals surface area contributed by atoms with E-state index in [-0.39, 0.29) is 12.5 Å². The van der Waals surface area contributed by atoms with E-state index < -0.39 is 12.1 Å². The van der Waals surface area contributed by atoms with E-state index >= 15 is 0 Å². The van der Waals surface area contributed by atoms with Crippen LogP contribution in [0.25, 0.3) is 0 Å². The lowest BCUT2D eigenvalue weighted by molar-refractivity contribution is -0.117. The monoisotopic (exact) mass is 410 g/mol. The maximum absolute atomic E-state index is 12.1. The quantitative estimate of drug-likeness (QED) is 0.768. The van der Waals surface area contributed by atoms with Crippen molar-refractivity contribution in [1.82, 2.24) is 5.32 Å². The molecular formula is C17H16BrClN2O3. The minimum Gasteiger partial charge on any atom is -0.445 e. The first-order valence-corrected chi connectivity index (χ1v) is 8.36. The predicted molar refractivity (Wildman–Crippen MR) is 97.0 cm³/mol. The van der Waals surface area contributed by atoms with Crippen LogP contribution >= 0.6 is 27.5 Å². The summed E-state index contributed by atoms with van der Waals surface area (Å²) in [7, 11) is 0. The molecule has 0 saturated heterocycles. The van der Waals surface area contributed by atoms with E-state index in [2.05, 4.69) is 26.6 Å². The van der Waals surface area contributed by atoms with Crippen molar-refractivity contribution in [1.29, 1.82) is 0 Å². The Kier molecular flexibility index (Phi) is 6.63. The number of hydrogen-bond acceptors (Lipinski definition) is 3. The average Bonchev–Trinajstić information content (AvgIpc) is 2.57. The highest BCUT2D eigenvalue weighted by molar-refractivity contribution is 9.10. The van der Waals surface area contributed by atoms with Crippen molar-refractivity contribution in [2.24, 2.45) is 0 Å². The number of benzene rings is 2. The van der Waals surface area contributed by atoms with E-state index in [0.717, 1.165) is 5.56 Å². The van der Waals surface area contributed by atoms with Crippen LogP contribution in [0.15, 0.2) is 53.0 Å². The summed E-state index contributed by atoms with van der Waals surface area (Å²) in [5, 5.41) is 5.72. The lowest BCUT2D eigenvalue weighted by Crippen LogP contribution is -2.41. The molecule has 7 heteroatoms. The Bertz CT molecular complexity index is 725. The molecule has 2 rings (SSSR count). The predicted octanol–water partition coefficient (Wildman–Crippen LogP) is 4.36. The molecule has 0 saturated carbocycles. The van der Waals surface area contributed by atoms with Crippen molar-refractivity contribution >= 4 is 45.2 Å². The van der Waals surface area contributed by atoms with E-state index in [9.17, 15) is 9.59 Å². The van der Waals surface area contributed by atoms with Crippen LogP contribution in [0.2, 0.25) is 5.02 Å². The van der Waals surface area contributed by atoms with Gasteiger partial charge in [0.2, 0.25) is 5.91 Å². The number of hydrogen-bond donors (Lipinski definition) is 2. The molecule has 0 spiro atoms. The van der Waals surface area contributed by atoms with Crippen LogP contribution in [0, 0.1) is 0 Å². The molecule has 0 unspecified atom stereocenters. The van der Waals surface area contributed by atoms with Gasteiger partial charge in [0.15, 0.2) is 0 Å². The highest BCUT2D eigenvalue weighted by atomic mass is 79.9. The van der Waals surface area contributed by atoms with Gasteiger partial charge in [0.25, 0.3) is 0 Å². The first kappa shape index (κ1) is 18.3. The van der Waals surface area contributed by atoms with Crippen molar-refractivity contribution in [3.63, 3.8) is 0 Å². The maximum Gasteiger partial charge on any atom is 0.408 e. The highest BCUT2D eigenvalue weighted by Crippen LogP contribution is 2.25. The molecule has 0 fully saturated rings. The Morgan fingerprint density at radius 3 is 2.58 bits per heavy atom. The van der Waals surface area contributed by atoms with E-state index in [1.165, 1.54) is 0 Å². The first-order chi connectivity index (χ1) is 11.5. The molecule has 2 N–H and O–H groups in total. The summed E-state index contributed by atoms with van der Waals surface area (Å²) >= 11 is 9.18. The molecular weight excluding hydrogens is 396 g/mol. The van der Waals surface area contributed by atoms with Gasteiger partial charge in [0.1, 0.15) is 12.6 Å². The van der Waals surface area contributed by atoms with Gasteiger partial charge in [0.05, 0.1) is 5.02 Å². The van der Waals surface area contributed by atoms with Gasteiger partial charge in [-0.25, -0.2) is 4.79 Å². The van der Waals surface area contributed by atoms with Crippen LogP contribution in [0.1, 0.15) is 12.5 Å². The van der Waals surface area contributed by atoms with Crippen LogP contribution in [0.4, 0.5) is 10.5 Å². The summed E-state index contributed by atoms with van der Waals surface area (Å²) < 4.78 is 5.75. The second-order valence-corrected chi connectivity index (χ2v) is 6.31. The molecule has 2 aromatic rings. The molecule has 126 valence electrons. The third-order valence-corrected chi connectivity index (χ3v) is 4.34. The number of carbonyl (C=O) groups is 2. The molecule has 0 aromatic heterocycles. The molecule has 0 aliphatic heterocycles. The molecule has 1 atom stereocenters. The fraction of sp³-hybridized carbons (Fsp3) is 0.176. The lowest BCUT2D eigenvalue weighted by Gasteiger charge is -2.14. The van der Waals surface area contributed by atoms with Gasteiger partial charge in [-0.05, 0) is 46.6 Å². The van der Waals surface area contributed by atoms with Crippen molar-refractivity contribution in [2.45, 2.75) is 19.6 Å². The second-order valence-electron chi connectivity index (χ2n) is 5.05. The van der Waals surface area contributed by atoms with E-state index in [1.807, 2.05) is 30.3 Å². The van der Waals surface area contributed by atoms with Crippen LogP contribution < -0.4 is 10.6 Å². The third-order valence-electron chi connectivity index (χ3n) is 3.13. The summed E-state index contributed by atoms with van der Waals surface area (Å²) in [5.41, 5.74) is 1.44. The molecule has 0 bridgehead atoms. The van der Waals surface area contributed by atoms with Crippen LogP contribution in [-0.4, -0.2) is 18.0 Å². The zero-order valence-corrected chi connectivity index (χ0v) is 15.2. The number of alkyl carbamates (subject to hydrolysis) is 1. The third kappa shape index (κ3) is 5.54. The Balaban J connectivity index is 1.82. The zero-order valence-electron chi connectivity index (χ0n) is 12.9. The minimum atomic E-state index is -0.747. The topological polar surface area (TPSA) is 67.4 Å². The summed E-state index contributed by atoms with van der Waals surface area (Å²) in [6.45, 7) is 1.72. The number of anilines is 1. The number of ether oxygens (including phenoxy) is 1. The van der Waals surface area contributed by atoms with Gasteiger partial charge in [0, 0.05) is 10.2 Å². The van der Waals surface area contributed by atoms with Crippen molar-refractivity contribution in [2.75, 3.05) is 5.32 Å². The second kappa shape index (κ2) is 8.70. The Hall–Kier alpha value is -2.05. The van der Waals surface area contributed by atoms with Gasteiger partial charge in [-0.3, -0.25) is 4.79 Å². The maximum atomic E-state index is 12.1. The number of nitrogens with one attached hydrogen (secondary N) is 2. The van der Waals surface area contributed by atoms with Crippen LogP contribution in [-0.2, 0) is 16.1 Å². The van der Waals surface area contributed by atoms with E-state index in [0.29, 0.717) is 15.2 Å². The summed E-state index contributed by atoms with van der Waals surface area (Å²) in [5.74, 6) is -0.360. The zero-order chi connectivity index (χ0) is 17.5. The summed E-state index contributed by atoms with van der Waals surface area (Å²) in [6, 6.07) is 13.6. The lowest BCUT2D eigenvalue weighted by atomic mass is 10.2. The van der Waals surface area contributed by atoms with Gasteiger partial charge in [-0.2, -0.15) is 0 Å². The number of halogens is 2. The number of carbonyl (C=O) groups excluding carboxylic acids is 2. The Labute approximate surface area is 153 Å². The van der Waals surface area contributed by atoms with E-state index in [4.69, 9.17) is 16.3 Å². The molecule has 2 amide bonds. The standard InChI is InChI=1S/C17H16BrClN2O3/c1-11(16(22)21-13-7-8-15(19)14(18)9-13)20-17(23)24-10-12-5-3-2-4-6-12/h2-9,11H,10H2,1H3,(H,20,23)(H,21,22)/t11-/m0/s1. The van der Waals surface area contributed by atoms with E-state index in [1.54, 1.807) is 25.1 Å². The fourth-order valence-corrected chi connectivity index (χ4v) is 2.33. The largest absolute Gasteiger partial charge is 0.445 e. The van der Waals surface area contributed by atoms with Gasteiger partial charge >= 0.3 is 6.09 Å². The fourth-order valence-electron chi connectivity index (χ4n) is 1.83. The van der Waals surface area contributed by atoms with Gasteiger partial charge in [-0.1, -0.05) is 41.9 Å². The molecule has 2 aromatic carbocycles. The normalized spacial score (nSPS) is 11.5. The minimum absolute atomic E-state index is 0.144. The number of rotatable bonds is 5. The smallest absolute Gasteiger partial charge is 0.408 e. The number of amides is 2. The summed E-state index contributed by atoms with van der Waals surface area (Å²) in [6.07, 6.45) is -0.654. The van der Waals surface area contributed by atoms with Crippen molar-refractivity contribution < 1.29 is 14.3 Å². The van der Waals surface area contributed by atoms with Gasteiger partial charge in [-0.15, -0.1) is 0 Å². The van der Waals surface area contributed by atoms with Gasteiger partial charge < -0.3 is 15.4 Å². The molecule has 0 heterocycles. The molecule has 5 nitrogen and oxygen atoms in total. The molecule has 0 aliphatic carbocycles. The Morgan fingerprint density at radius 2 is 1.92 bits per heavy atom. The average molecular weight is 412 g/mol. The van der Waals surface area contributed by atoms with Crippen LogP contribution in [0.5, 0.6) is 0 Å². The van der Waals surface area contributed by atoms with Crippen molar-refractivity contribution in [3.05, 3.63) is 63.6 Å².